The van der Waals surface area contributed by atoms with Crippen LogP contribution in [0.5, 0.6) is 0 Å². The van der Waals surface area contributed by atoms with E-state index in [1.807, 2.05) is 0 Å². The molecule has 0 amide bonds. The molecule has 0 aromatic carbocycles. The molecule has 5 N–H and O–H groups in total. The molecule has 0 saturated carbocycles. The van der Waals surface area contributed by atoms with Crippen LogP contribution < -0.4 is 5.73 Å². The first-order chi connectivity index (χ1) is 10.2. The molecule has 2 aromatic heterocycles. The molecule has 1 aliphatic heterocycles. The summed E-state index contributed by atoms with van der Waals surface area (Å²) >= 11 is 0. The van der Waals surface area contributed by atoms with Crippen LogP contribution in [0.25, 0.3) is 5.65 Å². The van der Waals surface area contributed by atoms with E-state index < -0.39 is 30.3 Å². The van der Waals surface area contributed by atoms with Crippen LogP contribution in [0.15, 0.2) is 6.20 Å². The van der Waals surface area contributed by atoms with Crippen molar-refractivity contribution in [3.63, 3.8) is 0 Å². The molecule has 1 fully saturated rings. The molecule has 1 aliphatic rings. The van der Waals surface area contributed by atoms with Crippen LogP contribution >= 0.6 is 0 Å². The zero-order valence-corrected chi connectivity index (χ0v) is 11.9. The number of aryl methyl sites for hydroxylation is 1. The van der Waals surface area contributed by atoms with Gasteiger partial charge in [0.2, 0.25) is 5.79 Å². The number of aliphatic hydroxyl groups excluding tert-OH is 2. The second-order valence-corrected chi connectivity index (χ2v) is 5.43. The molecule has 9 nitrogen and oxygen atoms in total. The van der Waals surface area contributed by atoms with Crippen molar-refractivity contribution in [2.75, 3.05) is 12.3 Å². The van der Waals surface area contributed by atoms with Crippen LogP contribution in [0.4, 0.5) is 10.2 Å². The number of aliphatic hydroxyl groups is 3. The second-order valence-electron chi connectivity index (χ2n) is 5.43. The molecule has 22 heavy (non-hydrogen) atoms. The van der Waals surface area contributed by atoms with E-state index in [-0.39, 0.29) is 23.0 Å². The molecular formula is C12H16FN5O4. The Hall–Kier alpha value is -1.88. The third kappa shape index (κ3) is 1.75. The fourth-order valence-electron chi connectivity index (χ4n) is 2.64. The van der Waals surface area contributed by atoms with Crippen molar-refractivity contribution >= 4 is 11.5 Å². The van der Waals surface area contributed by atoms with Crippen LogP contribution in [0, 0.1) is 6.92 Å². The van der Waals surface area contributed by atoms with Crippen molar-refractivity contribution in [1.29, 1.82) is 0 Å². The molecule has 3 heterocycles. The normalized spacial score (nSPS) is 35.4. The predicted octanol–water partition coefficient (Wildman–Crippen LogP) is -1.36. The number of hydrogen-bond acceptors (Lipinski definition) is 8. The smallest absolute Gasteiger partial charge is 0.249 e. The highest BCUT2D eigenvalue weighted by Crippen LogP contribution is 2.47. The number of ether oxygens (including phenoxy) is 1. The second kappa shape index (κ2) is 4.56. The molecule has 0 aliphatic carbocycles. The average Bonchev–Trinajstić information content (AvgIpc) is 2.93. The molecular weight excluding hydrogens is 297 g/mol. The van der Waals surface area contributed by atoms with Crippen molar-refractivity contribution in [2.45, 2.75) is 37.5 Å². The van der Waals surface area contributed by atoms with Gasteiger partial charge in [-0.15, -0.1) is 0 Å². The van der Waals surface area contributed by atoms with Gasteiger partial charge >= 0.3 is 0 Å². The minimum Gasteiger partial charge on any atom is -0.394 e. The predicted molar refractivity (Wildman–Crippen MR) is 71.3 cm³/mol. The first-order valence-electron chi connectivity index (χ1n) is 6.58. The van der Waals surface area contributed by atoms with E-state index in [9.17, 15) is 14.6 Å². The number of imidazole rings is 1. The van der Waals surface area contributed by atoms with Gasteiger partial charge in [0, 0.05) is 0 Å². The Kier molecular flexibility index (Phi) is 3.11. The summed E-state index contributed by atoms with van der Waals surface area (Å²) in [6, 6.07) is 0. The van der Waals surface area contributed by atoms with E-state index in [0.717, 1.165) is 17.6 Å². The molecule has 3 rings (SSSR count). The standard InChI is InChI=1S/C12H16FN5O4/c1-5-16-9(14)10-15-3-7(18(10)17-5)12(21)11(2,13)8(20)6(4-19)22-12/h3,6,8,19-21H,4H2,1-2H3,(H2,14,16,17)/t6-,8-,11-,12?/m1/s1. The maximum absolute atomic E-state index is 14.9. The molecule has 0 radical (unpaired) electrons. The third-order valence-electron chi connectivity index (χ3n) is 3.91. The molecule has 0 spiro atoms. The lowest BCUT2D eigenvalue weighted by Gasteiger charge is -2.31. The summed E-state index contributed by atoms with van der Waals surface area (Å²) in [4.78, 5) is 7.88. The van der Waals surface area contributed by atoms with Gasteiger partial charge in [0.05, 0.1) is 12.8 Å². The maximum Gasteiger partial charge on any atom is 0.249 e. The first kappa shape index (κ1) is 15.0. The van der Waals surface area contributed by atoms with Gasteiger partial charge in [-0.05, 0) is 13.8 Å². The Morgan fingerprint density at radius 3 is 2.82 bits per heavy atom. The lowest BCUT2D eigenvalue weighted by atomic mass is 9.90. The van der Waals surface area contributed by atoms with E-state index in [0.29, 0.717) is 0 Å². The van der Waals surface area contributed by atoms with E-state index in [1.165, 1.54) is 0 Å². The average molecular weight is 313 g/mol. The first-order valence-corrected chi connectivity index (χ1v) is 6.58. The minimum absolute atomic E-state index is 0.0557. The van der Waals surface area contributed by atoms with Gasteiger partial charge < -0.3 is 25.8 Å². The molecule has 1 unspecified atom stereocenters. The van der Waals surface area contributed by atoms with Gasteiger partial charge in [-0.3, -0.25) is 0 Å². The summed E-state index contributed by atoms with van der Waals surface area (Å²) < 4.78 is 21.2. The van der Waals surface area contributed by atoms with Crippen molar-refractivity contribution in [3.8, 4) is 0 Å². The summed E-state index contributed by atoms with van der Waals surface area (Å²) in [5.41, 5.74) is 3.09. The topological polar surface area (TPSA) is 139 Å². The highest BCUT2D eigenvalue weighted by Gasteiger charge is 2.66. The third-order valence-corrected chi connectivity index (χ3v) is 3.91. The Morgan fingerprint density at radius 1 is 1.55 bits per heavy atom. The van der Waals surface area contributed by atoms with Crippen molar-refractivity contribution < 1.29 is 24.4 Å². The lowest BCUT2D eigenvalue weighted by Crippen LogP contribution is -2.49. The maximum atomic E-state index is 14.9. The molecule has 2 aromatic rings. The van der Waals surface area contributed by atoms with Gasteiger partial charge in [-0.1, -0.05) is 0 Å². The Morgan fingerprint density at radius 2 is 2.23 bits per heavy atom. The summed E-state index contributed by atoms with van der Waals surface area (Å²) in [5, 5.41) is 33.8. The molecule has 0 bridgehead atoms. The fourth-order valence-corrected chi connectivity index (χ4v) is 2.64. The van der Waals surface area contributed by atoms with E-state index in [4.69, 9.17) is 15.6 Å². The highest BCUT2D eigenvalue weighted by molar-refractivity contribution is 5.59. The number of hydrogen-bond donors (Lipinski definition) is 4. The lowest BCUT2D eigenvalue weighted by molar-refractivity contribution is -0.256. The quantitative estimate of drug-likeness (QED) is 0.533. The fraction of sp³-hybridized carbons (Fsp3) is 0.583. The summed E-state index contributed by atoms with van der Waals surface area (Å²) in [6.07, 6.45) is -1.87. The molecule has 10 heteroatoms. The van der Waals surface area contributed by atoms with Gasteiger partial charge in [-0.2, -0.15) is 5.10 Å². The van der Waals surface area contributed by atoms with Crippen LogP contribution in [0.2, 0.25) is 0 Å². The zero-order chi connectivity index (χ0) is 16.3. The molecule has 1 saturated heterocycles. The van der Waals surface area contributed by atoms with Gasteiger partial charge in [0.25, 0.3) is 0 Å². The number of fused-ring (bicyclic) bond motifs is 1. The van der Waals surface area contributed by atoms with Gasteiger partial charge in [0.1, 0.15) is 23.7 Å². The minimum atomic E-state index is -2.59. The zero-order valence-electron chi connectivity index (χ0n) is 11.9. The summed E-state index contributed by atoms with van der Waals surface area (Å²) in [7, 11) is 0. The number of anilines is 1. The number of nitrogens with zero attached hydrogens (tertiary/aromatic N) is 4. The Bertz CT molecular complexity index is 736. The van der Waals surface area contributed by atoms with Gasteiger partial charge in [0.15, 0.2) is 17.1 Å². The Labute approximate surface area is 124 Å². The van der Waals surface area contributed by atoms with Crippen LogP contribution in [-0.2, 0) is 10.5 Å². The summed E-state index contributed by atoms with van der Waals surface area (Å²) in [5.74, 6) is -2.21. The Balaban J connectivity index is 2.22. The van der Waals surface area contributed by atoms with Crippen molar-refractivity contribution in [3.05, 3.63) is 17.7 Å². The summed E-state index contributed by atoms with van der Waals surface area (Å²) in [6.45, 7) is 1.89. The van der Waals surface area contributed by atoms with Crippen molar-refractivity contribution in [2.24, 2.45) is 0 Å². The number of nitrogen functional groups attached to an aromatic ring is 1. The number of aromatic nitrogens is 4. The number of halogens is 1. The van der Waals surface area contributed by atoms with E-state index in [1.54, 1.807) is 6.92 Å². The van der Waals surface area contributed by atoms with Crippen LogP contribution in [-0.4, -0.2) is 59.4 Å². The SMILES string of the molecule is Cc1nc(N)c2ncc(C3(O)O[C@H](CO)[C@@H](O)[C@@]3(C)F)n2n1. The van der Waals surface area contributed by atoms with Crippen LogP contribution in [0.3, 0.4) is 0 Å². The number of rotatable bonds is 2. The van der Waals surface area contributed by atoms with Crippen LogP contribution in [0.1, 0.15) is 18.4 Å². The number of nitrogens with two attached hydrogens (primary N) is 1. The van der Waals surface area contributed by atoms with Gasteiger partial charge in [-0.25, -0.2) is 18.9 Å². The monoisotopic (exact) mass is 313 g/mol. The number of alkyl halides is 1. The molecule has 120 valence electrons. The van der Waals surface area contributed by atoms with Crippen molar-refractivity contribution in [1.82, 2.24) is 19.6 Å². The van der Waals surface area contributed by atoms with E-state index in [2.05, 4.69) is 15.1 Å². The largest absolute Gasteiger partial charge is 0.394 e. The van der Waals surface area contributed by atoms with E-state index >= 15 is 0 Å². The highest BCUT2D eigenvalue weighted by atomic mass is 19.1. The molecule has 4 atom stereocenters.